The van der Waals surface area contributed by atoms with Crippen LogP contribution >= 0.6 is 0 Å². The molecule has 6 heteroatoms. The Morgan fingerprint density at radius 3 is 2.77 bits per heavy atom. The summed E-state index contributed by atoms with van der Waals surface area (Å²) in [7, 11) is 0. The standard InChI is InChI=1S/C20H18N4O2/c1-12-8-9-16-15(10-12)17-20(25,13(2)26-16)18(14-6-4-3-5-7-14)24-19(23-17)21-11-22-24/h3-11,13,18,25H,1-2H3/t13-,18-,20+/m1/s1. The van der Waals surface area contributed by atoms with Gasteiger partial charge >= 0.3 is 0 Å². The lowest BCUT2D eigenvalue weighted by molar-refractivity contribution is -0.0370. The average molecular weight is 346 g/mol. The molecule has 0 fully saturated rings. The van der Waals surface area contributed by atoms with E-state index < -0.39 is 17.7 Å². The Balaban J connectivity index is 1.82. The number of nitrogens with zero attached hydrogens (tertiary/aromatic N) is 4. The number of benzene rings is 2. The minimum absolute atomic E-state index is 0.475. The summed E-state index contributed by atoms with van der Waals surface area (Å²) >= 11 is 0. The second kappa shape index (κ2) is 5.25. The van der Waals surface area contributed by atoms with Crippen molar-refractivity contribution in [2.24, 2.45) is 4.99 Å². The molecular formula is C20H18N4O2. The molecule has 0 aliphatic carbocycles. The first-order chi connectivity index (χ1) is 12.6. The fraction of sp³-hybridized carbons (Fsp3) is 0.250. The van der Waals surface area contributed by atoms with Gasteiger partial charge in [-0.3, -0.25) is 0 Å². The third-order valence-corrected chi connectivity index (χ3v) is 5.24. The summed E-state index contributed by atoms with van der Waals surface area (Å²) < 4.78 is 7.79. The summed E-state index contributed by atoms with van der Waals surface area (Å²) in [6.45, 7) is 3.88. The zero-order valence-electron chi connectivity index (χ0n) is 14.5. The molecule has 3 heterocycles. The Bertz CT molecular complexity index is 1030. The first-order valence-corrected chi connectivity index (χ1v) is 8.62. The predicted molar refractivity (Wildman–Crippen MR) is 97.0 cm³/mol. The lowest BCUT2D eigenvalue weighted by Crippen LogP contribution is -2.60. The van der Waals surface area contributed by atoms with Crippen molar-refractivity contribution >= 4 is 11.7 Å². The summed E-state index contributed by atoms with van der Waals surface area (Å²) in [5.74, 6) is 1.21. The van der Waals surface area contributed by atoms with E-state index in [4.69, 9.17) is 4.74 Å². The smallest absolute Gasteiger partial charge is 0.248 e. The molecule has 3 aromatic rings. The largest absolute Gasteiger partial charge is 0.486 e. The van der Waals surface area contributed by atoms with E-state index >= 15 is 0 Å². The van der Waals surface area contributed by atoms with Gasteiger partial charge in [0, 0.05) is 5.56 Å². The van der Waals surface area contributed by atoms with Crippen LogP contribution in [0.3, 0.4) is 0 Å². The molecule has 0 amide bonds. The number of hydrogen-bond acceptors (Lipinski definition) is 5. The van der Waals surface area contributed by atoms with Gasteiger partial charge in [-0.1, -0.05) is 42.0 Å². The topological polar surface area (TPSA) is 72.5 Å². The zero-order valence-corrected chi connectivity index (χ0v) is 14.5. The molecule has 0 saturated heterocycles. The van der Waals surface area contributed by atoms with E-state index in [-0.39, 0.29) is 0 Å². The Morgan fingerprint density at radius 2 is 1.96 bits per heavy atom. The molecule has 26 heavy (non-hydrogen) atoms. The summed E-state index contributed by atoms with van der Waals surface area (Å²) in [6, 6.07) is 15.3. The van der Waals surface area contributed by atoms with Crippen LogP contribution < -0.4 is 4.74 Å². The summed E-state index contributed by atoms with van der Waals surface area (Å²) in [5.41, 5.74) is 2.05. The molecule has 3 atom stereocenters. The Morgan fingerprint density at radius 1 is 1.15 bits per heavy atom. The van der Waals surface area contributed by atoms with Gasteiger partial charge in [0.25, 0.3) is 0 Å². The van der Waals surface area contributed by atoms with Crippen LogP contribution in [0.5, 0.6) is 5.75 Å². The minimum atomic E-state index is -1.36. The second-order valence-corrected chi connectivity index (χ2v) is 6.86. The summed E-state index contributed by atoms with van der Waals surface area (Å²) in [5, 5.41) is 16.3. The predicted octanol–water partition coefficient (Wildman–Crippen LogP) is 2.82. The van der Waals surface area contributed by atoms with Crippen molar-refractivity contribution in [2.45, 2.75) is 31.6 Å². The quantitative estimate of drug-likeness (QED) is 0.735. The van der Waals surface area contributed by atoms with Gasteiger partial charge in [0.05, 0.1) is 5.71 Å². The van der Waals surface area contributed by atoms with Gasteiger partial charge in [-0.05, 0) is 31.5 Å². The van der Waals surface area contributed by atoms with Crippen molar-refractivity contribution in [3.05, 3.63) is 71.5 Å². The Hall–Kier alpha value is -2.99. The molecule has 2 aromatic carbocycles. The molecule has 0 unspecified atom stereocenters. The fourth-order valence-corrected chi connectivity index (χ4v) is 3.94. The van der Waals surface area contributed by atoms with E-state index in [9.17, 15) is 5.11 Å². The molecule has 1 aromatic heterocycles. The van der Waals surface area contributed by atoms with E-state index in [0.717, 1.165) is 22.4 Å². The first kappa shape index (κ1) is 15.3. The van der Waals surface area contributed by atoms with Gasteiger partial charge in [0.2, 0.25) is 5.95 Å². The number of fused-ring (bicyclic) bond motifs is 4. The molecule has 2 aliphatic rings. The van der Waals surface area contributed by atoms with Gasteiger partial charge < -0.3 is 9.84 Å². The number of aliphatic hydroxyl groups is 1. The number of aromatic nitrogens is 3. The maximum Gasteiger partial charge on any atom is 0.248 e. The molecule has 5 rings (SSSR count). The van der Waals surface area contributed by atoms with Crippen LogP contribution in [0, 0.1) is 6.92 Å². The van der Waals surface area contributed by atoms with Crippen LogP contribution in [0.15, 0.2) is 59.9 Å². The molecule has 130 valence electrons. The monoisotopic (exact) mass is 346 g/mol. The number of aryl methyl sites for hydroxylation is 1. The van der Waals surface area contributed by atoms with Crippen molar-refractivity contribution in [1.29, 1.82) is 0 Å². The van der Waals surface area contributed by atoms with Crippen LogP contribution in [0.2, 0.25) is 0 Å². The molecule has 0 saturated carbocycles. The van der Waals surface area contributed by atoms with E-state index in [1.807, 2.05) is 62.4 Å². The van der Waals surface area contributed by atoms with Gasteiger partial charge in [-0.25, -0.2) is 9.67 Å². The zero-order chi connectivity index (χ0) is 17.9. The van der Waals surface area contributed by atoms with Crippen molar-refractivity contribution in [3.8, 4) is 5.75 Å². The number of hydrogen-bond donors (Lipinski definition) is 1. The molecule has 6 nitrogen and oxygen atoms in total. The highest BCUT2D eigenvalue weighted by molar-refractivity contribution is 6.12. The molecule has 0 spiro atoms. The van der Waals surface area contributed by atoms with Gasteiger partial charge in [0.1, 0.15) is 24.2 Å². The number of aliphatic imine (C=N–C) groups is 1. The van der Waals surface area contributed by atoms with E-state index in [1.165, 1.54) is 6.33 Å². The normalized spacial score (nSPS) is 26.2. The maximum atomic E-state index is 11.9. The van der Waals surface area contributed by atoms with E-state index in [1.54, 1.807) is 4.68 Å². The maximum absolute atomic E-state index is 11.9. The molecule has 1 N–H and O–H groups in total. The van der Waals surface area contributed by atoms with Crippen LogP contribution in [-0.4, -0.2) is 37.3 Å². The van der Waals surface area contributed by atoms with Crippen molar-refractivity contribution in [1.82, 2.24) is 14.8 Å². The average Bonchev–Trinajstić information content (AvgIpc) is 3.10. The molecule has 0 bridgehead atoms. The molecular weight excluding hydrogens is 328 g/mol. The highest BCUT2D eigenvalue weighted by Gasteiger charge is 2.56. The van der Waals surface area contributed by atoms with Crippen molar-refractivity contribution in [2.75, 3.05) is 0 Å². The third-order valence-electron chi connectivity index (χ3n) is 5.24. The van der Waals surface area contributed by atoms with Crippen molar-refractivity contribution in [3.63, 3.8) is 0 Å². The van der Waals surface area contributed by atoms with Crippen molar-refractivity contribution < 1.29 is 9.84 Å². The van der Waals surface area contributed by atoms with Crippen LogP contribution in [0.25, 0.3) is 0 Å². The first-order valence-electron chi connectivity index (χ1n) is 8.62. The second-order valence-electron chi connectivity index (χ2n) is 6.86. The molecule has 0 radical (unpaired) electrons. The summed E-state index contributed by atoms with van der Waals surface area (Å²) in [6.07, 6.45) is 0.970. The van der Waals surface area contributed by atoms with Gasteiger partial charge in [-0.15, -0.1) is 0 Å². The van der Waals surface area contributed by atoms with Crippen LogP contribution in [-0.2, 0) is 0 Å². The SMILES string of the molecule is Cc1ccc2c(c1)C1=Nc3ncnn3[C@H](c3ccccc3)[C@]1(O)[C@@H](C)O2. The minimum Gasteiger partial charge on any atom is -0.486 e. The van der Waals surface area contributed by atoms with Crippen LogP contribution in [0.1, 0.15) is 29.7 Å². The van der Waals surface area contributed by atoms with E-state index in [0.29, 0.717) is 11.7 Å². The third kappa shape index (κ3) is 1.93. The highest BCUT2D eigenvalue weighted by atomic mass is 16.5. The molecule has 2 aliphatic heterocycles. The Kier molecular flexibility index (Phi) is 3.09. The van der Waals surface area contributed by atoms with E-state index in [2.05, 4.69) is 15.1 Å². The Labute approximate surface area is 150 Å². The fourth-order valence-electron chi connectivity index (χ4n) is 3.94. The van der Waals surface area contributed by atoms with Gasteiger partial charge in [-0.2, -0.15) is 10.1 Å². The summed E-state index contributed by atoms with van der Waals surface area (Å²) in [4.78, 5) is 8.97. The van der Waals surface area contributed by atoms with Gasteiger partial charge in [0.15, 0.2) is 5.60 Å². The lowest BCUT2D eigenvalue weighted by atomic mass is 9.75. The number of ether oxygens (including phenoxy) is 1. The lowest BCUT2D eigenvalue weighted by Gasteiger charge is -2.46. The van der Waals surface area contributed by atoms with Crippen LogP contribution in [0.4, 0.5) is 5.95 Å². The number of rotatable bonds is 1. The highest BCUT2D eigenvalue weighted by Crippen LogP contribution is 2.46.